The SMILES string of the molecule is COc1ccc2nn(-c3cc(C(=O)c4ccccc4)c(O)cc3O)nc2c1. The number of nitrogens with zero attached hydrogens (tertiary/aromatic N) is 3. The van der Waals surface area contributed by atoms with Crippen LogP contribution < -0.4 is 4.74 Å². The van der Waals surface area contributed by atoms with Gasteiger partial charge in [-0.2, -0.15) is 0 Å². The highest BCUT2D eigenvalue weighted by molar-refractivity contribution is 6.11. The van der Waals surface area contributed by atoms with Crippen LogP contribution in [0.15, 0.2) is 60.7 Å². The number of ether oxygens (including phenoxy) is 1. The average Bonchev–Trinajstić information content (AvgIpc) is 3.11. The first-order valence-corrected chi connectivity index (χ1v) is 8.14. The Bertz CT molecular complexity index is 1150. The number of ketones is 1. The van der Waals surface area contributed by atoms with E-state index < -0.39 is 0 Å². The number of fused-ring (bicyclic) bond motifs is 1. The molecule has 0 bridgehead atoms. The standard InChI is InChI=1S/C20H15N3O4/c1-27-13-7-8-15-16(9-13)22-23(21-15)17-10-14(18(24)11-19(17)25)20(26)12-5-3-2-4-6-12/h2-11,24-25H,1H3. The fourth-order valence-corrected chi connectivity index (χ4v) is 2.78. The molecule has 0 aliphatic rings. The van der Waals surface area contributed by atoms with Crippen LogP contribution in [-0.4, -0.2) is 38.1 Å². The van der Waals surface area contributed by atoms with Crippen molar-refractivity contribution >= 4 is 16.8 Å². The molecule has 2 N–H and O–H groups in total. The van der Waals surface area contributed by atoms with E-state index in [-0.39, 0.29) is 28.5 Å². The van der Waals surface area contributed by atoms with Gasteiger partial charge in [0.25, 0.3) is 0 Å². The molecule has 0 radical (unpaired) electrons. The lowest BCUT2D eigenvalue weighted by atomic mass is 10.0. The Morgan fingerprint density at radius 3 is 2.41 bits per heavy atom. The van der Waals surface area contributed by atoms with E-state index >= 15 is 0 Å². The Hall–Kier alpha value is -3.87. The van der Waals surface area contributed by atoms with Gasteiger partial charge < -0.3 is 14.9 Å². The van der Waals surface area contributed by atoms with Gasteiger partial charge in [-0.3, -0.25) is 4.79 Å². The minimum Gasteiger partial charge on any atom is -0.507 e. The maximum Gasteiger partial charge on any atom is 0.196 e. The molecule has 7 heteroatoms. The second-order valence-corrected chi connectivity index (χ2v) is 5.90. The zero-order valence-corrected chi connectivity index (χ0v) is 14.3. The summed E-state index contributed by atoms with van der Waals surface area (Å²) in [4.78, 5) is 13.9. The molecule has 0 unspecified atom stereocenters. The molecule has 1 aromatic heterocycles. The van der Waals surface area contributed by atoms with Gasteiger partial charge in [-0.05, 0) is 18.2 Å². The Kier molecular flexibility index (Phi) is 3.97. The Balaban J connectivity index is 1.83. The summed E-state index contributed by atoms with van der Waals surface area (Å²) in [7, 11) is 1.55. The number of hydrogen-bond donors (Lipinski definition) is 2. The Morgan fingerprint density at radius 1 is 0.926 bits per heavy atom. The largest absolute Gasteiger partial charge is 0.507 e. The number of carbonyl (C=O) groups excluding carboxylic acids is 1. The summed E-state index contributed by atoms with van der Waals surface area (Å²) in [5.74, 6) is -0.301. The highest BCUT2D eigenvalue weighted by Crippen LogP contribution is 2.31. The molecule has 7 nitrogen and oxygen atoms in total. The van der Waals surface area contributed by atoms with Crippen LogP contribution in [0.5, 0.6) is 17.2 Å². The topological polar surface area (TPSA) is 97.5 Å². The number of hydrogen-bond acceptors (Lipinski definition) is 6. The van der Waals surface area contributed by atoms with Crippen molar-refractivity contribution in [1.29, 1.82) is 0 Å². The van der Waals surface area contributed by atoms with E-state index in [2.05, 4.69) is 10.2 Å². The number of phenolic OH excluding ortho intramolecular Hbond substituents is 2. The van der Waals surface area contributed by atoms with Crippen LogP contribution in [0.25, 0.3) is 16.7 Å². The van der Waals surface area contributed by atoms with Crippen molar-refractivity contribution in [3.63, 3.8) is 0 Å². The number of benzene rings is 3. The number of aromatic hydroxyl groups is 2. The van der Waals surface area contributed by atoms with Crippen molar-refractivity contribution in [2.45, 2.75) is 0 Å². The van der Waals surface area contributed by atoms with Crippen molar-refractivity contribution in [3.8, 4) is 22.9 Å². The van der Waals surface area contributed by atoms with Crippen molar-refractivity contribution in [1.82, 2.24) is 15.0 Å². The van der Waals surface area contributed by atoms with Gasteiger partial charge in [0.15, 0.2) is 5.78 Å². The van der Waals surface area contributed by atoms with Crippen molar-refractivity contribution < 1.29 is 19.7 Å². The van der Waals surface area contributed by atoms with E-state index in [1.54, 1.807) is 55.6 Å². The van der Waals surface area contributed by atoms with Crippen molar-refractivity contribution in [2.24, 2.45) is 0 Å². The van der Waals surface area contributed by atoms with Crippen LogP contribution >= 0.6 is 0 Å². The lowest BCUT2D eigenvalue weighted by Crippen LogP contribution is -2.05. The van der Waals surface area contributed by atoms with Crippen molar-refractivity contribution in [3.05, 3.63) is 71.8 Å². The number of aromatic nitrogens is 3. The van der Waals surface area contributed by atoms with Gasteiger partial charge in [-0.1, -0.05) is 30.3 Å². The van der Waals surface area contributed by atoms with E-state index in [0.29, 0.717) is 22.3 Å². The Morgan fingerprint density at radius 2 is 1.67 bits per heavy atom. The van der Waals surface area contributed by atoms with E-state index in [1.807, 2.05) is 0 Å². The fraction of sp³-hybridized carbons (Fsp3) is 0.0500. The van der Waals surface area contributed by atoms with Crippen LogP contribution in [0.1, 0.15) is 15.9 Å². The monoisotopic (exact) mass is 361 g/mol. The average molecular weight is 361 g/mol. The fourth-order valence-electron chi connectivity index (χ4n) is 2.78. The summed E-state index contributed by atoms with van der Waals surface area (Å²) in [6.07, 6.45) is 0. The molecular weight excluding hydrogens is 346 g/mol. The molecule has 134 valence electrons. The molecule has 4 rings (SSSR count). The molecule has 0 fully saturated rings. The zero-order valence-electron chi connectivity index (χ0n) is 14.3. The van der Waals surface area contributed by atoms with Gasteiger partial charge in [0.05, 0.1) is 12.7 Å². The molecule has 0 saturated carbocycles. The minimum absolute atomic E-state index is 0.0490. The maximum absolute atomic E-state index is 12.7. The predicted octanol–water partition coefficient (Wildman–Crippen LogP) is 3.07. The van der Waals surface area contributed by atoms with Crippen LogP contribution in [0, 0.1) is 0 Å². The molecule has 0 amide bonds. The van der Waals surface area contributed by atoms with Gasteiger partial charge in [-0.25, -0.2) is 0 Å². The first-order chi connectivity index (χ1) is 13.1. The number of carbonyl (C=O) groups is 1. The van der Waals surface area contributed by atoms with Crippen LogP contribution in [0.4, 0.5) is 0 Å². The van der Waals surface area contributed by atoms with Crippen molar-refractivity contribution in [2.75, 3.05) is 7.11 Å². The zero-order chi connectivity index (χ0) is 19.0. The van der Waals surface area contributed by atoms with E-state index in [9.17, 15) is 15.0 Å². The van der Waals surface area contributed by atoms with E-state index in [4.69, 9.17) is 4.74 Å². The molecule has 0 spiro atoms. The second kappa shape index (κ2) is 6.45. The molecule has 0 aliphatic carbocycles. The second-order valence-electron chi connectivity index (χ2n) is 5.90. The lowest BCUT2D eigenvalue weighted by molar-refractivity contribution is 0.103. The van der Waals surface area contributed by atoms with E-state index in [1.165, 1.54) is 10.9 Å². The molecule has 0 aliphatic heterocycles. The maximum atomic E-state index is 12.7. The third-order valence-electron chi connectivity index (χ3n) is 4.18. The highest BCUT2D eigenvalue weighted by atomic mass is 16.5. The molecule has 0 saturated heterocycles. The first kappa shape index (κ1) is 16.6. The van der Waals surface area contributed by atoms with Gasteiger partial charge in [0, 0.05) is 17.7 Å². The number of phenols is 2. The first-order valence-electron chi connectivity index (χ1n) is 8.14. The van der Waals surface area contributed by atoms with Crippen LogP contribution in [0.2, 0.25) is 0 Å². The lowest BCUT2D eigenvalue weighted by Gasteiger charge is -2.09. The normalized spacial score (nSPS) is 10.9. The smallest absolute Gasteiger partial charge is 0.196 e. The summed E-state index contributed by atoms with van der Waals surface area (Å²) >= 11 is 0. The predicted molar refractivity (Wildman–Crippen MR) is 98.6 cm³/mol. The molecule has 4 aromatic rings. The third-order valence-corrected chi connectivity index (χ3v) is 4.18. The number of rotatable bonds is 4. The third kappa shape index (κ3) is 2.95. The van der Waals surface area contributed by atoms with Gasteiger partial charge in [0.2, 0.25) is 0 Å². The van der Waals surface area contributed by atoms with Crippen LogP contribution in [0.3, 0.4) is 0 Å². The summed E-state index contributed by atoms with van der Waals surface area (Å²) in [6, 6.07) is 16.3. The minimum atomic E-state index is -0.368. The quantitative estimate of drug-likeness (QED) is 0.542. The molecule has 27 heavy (non-hydrogen) atoms. The Labute approximate surface area is 154 Å². The summed E-state index contributed by atoms with van der Waals surface area (Å²) in [5, 5.41) is 29.1. The molecule has 1 heterocycles. The van der Waals surface area contributed by atoms with Gasteiger partial charge in [-0.15, -0.1) is 15.0 Å². The molecule has 0 atom stereocenters. The van der Waals surface area contributed by atoms with Gasteiger partial charge in [0.1, 0.15) is 34.0 Å². The number of methoxy groups -OCH3 is 1. The highest BCUT2D eigenvalue weighted by Gasteiger charge is 2.19. The summed E-state index contributed by atoms with van der Waals surface area (Å²) < 4.78 is 5.17. The van der Waals surface area contributed by atoms with Gasteiger partial charge >= 0.3 is 0 Å². The summed E-state index contributed by atoms with van der Waals surface area (Å²) in [6.45, 7) is 0. The molecular formula is C20H15N3O4. The molecule has 3 aromatic carbocycles. The summed E-state index contributed by atoms with van der Waals surface area (Å²) in [5.41, 5.74) is 1.82. The van der Waals surface area contributed by atoms with E-state index in [0.717, 1.165) is 6.07 Å². The van der Waals surface area contributed by atoms with Crippen LogP contribution in [-0.2, 0) is 0 Å².